The van der Waals surface area contributed by atoms with E-state index in [-0.39, 0.29) is 12.1 Å². The standard InChI is InChI=1S/C18H26N2S/c1-4-17(19)18(16-11-7-6-9-14(16)3)20(5-2)13-15-10-8-12-21-15/h6-12,17-18H,4-5,13,19H2,1-3H3. The first kappa shape index (κ1) is 16.2. The molecule has 1 aromatic carbocycles. The van der Waals surface area contributed by atoms with Gasteiger partial charge in [0.05, 0.1) is 6.04 Å². The molecular weight excluding hydrogens is 276 g/mol. The van der Waals surface area contributed by atoms with E-state index in [1.54, 1.807) is 0 Å². The number of hydrogen-bond acceptors (Lipinski definition) is 3. The molecule has 0 spiro atoms. The lowest BCUT2D eigenvalue weighted by Crippen LogP contribution is -2.40. The highest BCUT2D eigenvalue weighted by Crippen LogP contribution is 2.29. The summed E-state index contributed by atoms with van der Waals surface area (Å²) in [5, 5.41) is 2.14. The molecule has 2 aromatic rings. The highest BCUT2D eigenvalue weighted by atomic mass is 32.1. The average Bonchev–Trinajstić information content (AvgIpc) is 3.01. The van der Waals surface area contributed by atoms with Crippen molar-refractivity contribution in [3.8, 4) is 0 Å². The van der Waals surface area contributed by atoms with Gasteiger partial charge in [-0.05, 0) is 42.5 Å². The molecule has 0 aliphatic carbocycles. The van der Waals surface area contributed by atoms with E-state index in [2.05, 4.69) is 67.4 Å². The second-order valence-electron chi connectivity index (χ2n) is 5.52. The number of nitrogens with two attached hydrogens (primary N) is 1. The van der Waals surface area contributed by atoms with Crippen molar-refractivity contribution < 1.29 is 0 Å². The normalized spacial score (nSPS) is 14.3. The zero-order valence-corrected chi connectivity index (χ0v) is 14.1. The Morgan fingerprint density at radius 2 is 1.90 bits per heavy atom. The molecule has 21 heavy (non-hydrogen) atoms. The zero-order chi connectivity index (χ0) is 15.2. The van der Waals surface area contributed by atoms with E-state index >= 15 is 0 Å². The summed E-state index contributed by atoms with van der Waals surface area (Å²) in [4.78, 5) is 3.90. The van der Waals surface area contributed by atoms with Gasteiger partial charge in [-0.3, -0.25) is 4.90 Å². The molecule has 114 valence electrons. The fraction of sp³-hybridized carbons (Fsp3) is 0.444. The summed E-state index contributed by atoms with van der Waals surface area (Å²) in [5.74, 6) is 0. The Morgan fingerprint density at radius 3 is 2.48 bits per heavy atom. The Morgan fingerprint density at radius 1 is 1.14 bits per heavy atom. The summed E-state index contributed by atoms with van der Waals surface area (Å²) in [5.41, 5.74) is 9.18. The number of rotatable bonds is 7. The van der Waals surface area contributed by atoms with Crippen LogP contribution < -0.4 is 5.73 Å². The van der Waals surface area contributed by atoms with Crippen molar-refractivity contribution >= 4 is 11.3 Å². The van der Waals surface area contributed by atoms with Gasteiger partial charge in [0.25, 0.3) is 0 Å². The maximum Gasteiger partial charge on any atom is 0.0505 e. The van der Waals surface area contributed by atoms with E-state index in [1.165, 1.54) is 16.0 Å². The summed E-state index contributed by atoms with van der Waals surface area (Å²) in [6.45, 7) is 8.56. The van der Waals surface area contributed by atoms with Crippen molar-refractivity contribution in [3.05, 3.63) is 57.8 Å². The molecule has 0 radical (unpaired) electrons. The number of nitrogens with zero attached hydrogens (tertiary/aromatic N) is 1. The van der Waals surface area contributed by atoms with Crippen LogP contribution in [0.1, 0.15) is 42.3 Å². The van der Waals surface area contributed by atoms with Gasteiger partial charge in [-0.2, -0.15) is 0 Å². The molecule has 3 heteroatoms. The first-order valence-corrected chi connectivity index (χ1v) is 8.62. The van der Waals surface area contributed by atoms with Crippen LogP contribution in [-0.2, 0) is 6.54 Å². The number of likely N-dealkylation sites (N-methyl/N-ethyl adjacent to an activating group) is 1. The molecule has 2 rings (SSSR count). The third-order valence-electron chi connectivity index (χ3n) is 4.12. The smallest absolute Gasteiger partial charge is 0.0505 e. The molecule has 0 aliphatic rings. The quantitative estimate of drug-likeness (QED) is 0.823. The SMILES string of the molecule is CCC(N)C(c1ccccc1C)N(CC)Cc1cccs1. The summed E-state index contributed by atoms with van der Waals surface area (Å²) in [6.07, 6.45) is 0.986. The highest BCUT2D eigenvalue weighted by molar-refractivity contribution is 7.09. The van der Waals surface area contributed by atoms with E-state index in [9.17, 15) is 0 Å². The Hall–Kier alpha value is -1.16. The lowest BCUT2D eigenvalue weighted by molar-refractivity contribution is 0.170. The van der Waals surface area contributed by atoms with E-state index in [4.69, 9.17) is 5.73 Å². The Bertz CT molecular complexity index is 536. The number of thiophene rings is 1. The minimum Gasteiger partial charge on any atom is -0.326 e. The number of benzene rings is 1. The van der Waals surface area contributed by atoms with Crippen LogP contribution in [0.2, 0.25) is 0 Å². The average molecular weight is 302 g/mol. The summed E-state index contributed by atoms with van der Waals surface area (Å²) < 4.78 is 0. The summed E-state index contributed by atoms with van der Waals surface area (Å²) >= 11 is 1.82. The second-order valence-corrected chi connectivity index (χ2v) is 6.55. The number of hydrogen-bond donors (Lipinski definition) is 1. The van der Waals surface area contributed by atoms with Gasteiger partial charge < -0.3 is 5.73 Å². The third-order valence-corrected chi connectivity index (χ3v) is 4.98. The molecule has 2 unspecified atom stereocenters. The van der Waals surface area contributed by atoms with Gasteiger partial charge in [-0.15, -0.1) is 11.3 Å². The molecule has 0 amide bonds. The van der Waals surface area contributed by atoms with Crippen LogP contribution in [0.5, 0.6) is 0 Å². The van der Waals surface area contributed by atoms with Crippen molar-refractivity contribution in [3.63, 3.8) is 0 Å². The van der Waals surface area contributed by atoms with Crippen molar-refractivity contribution in [2.75, 3.05) is 6.54 Å². The maximum atomic E-state index is 6.49. The fourth-order valence-electron chi connectivity index (χ4n) is 2.85. The maximum absolute atomic E-state index is 6.49. The molecule has 0 fully saturated rings. The van der Waals surface area contributed by atoms with E-state index in [0.717, 1.165) is 19.5 Å². The van der Waals surface area contributed by atoms with Crippen molar-refractivity contribution in [2.24, 2.45) is 5.73 Å². The molecule has 0 aliphatic heterocycles. The van der Waals surface area contributed by atoms with Gasteiger partial charge in [0.2, 0.25) is 0 Å². The third kappa shape index (κ3) is 3.94. The van der Waals surface area contributed by atoms with Crippen molar-refractivity contribution in [1.82, 2.24) is 4.90 Å². The van der Waals surface area contributed by atoms with Crippen LogP contribution in [0.15, 0.2) is 41.8 Å². The van der Waals surface area contributed by atoms with Crippen molar-refractivity contribution in [1.29, 1.82) is 0 Å². The zero-order valence-electron chi connectivity index (χ0n) is 13.3. The second kappa shape index (κ2) is 7.74. The Balaban J connectivity index is 2.31. The molecule has 0 saturated carbocycles. The Kier molecular flexibility index (Phi) is 5.97. The van der Waals surface area contributed by atoms with Gasteiger partial charge in [-0.25, -0.2) is 0 Å². The van der Waals surface area contributed by atoms with Crippen LogP contribution in [0.4, 0.5) is 0 Å². The lowest BCUT2D eigenvalue weighted by Gasteiger charge is -2.35. The largest absolute Gasteiger partial charge is 0.326 e. The highest BCUT2D eigenvalue weighted by Gasteiger charge is 2.26. The van der Waals surface area contributed by atoms with Gasteiger partial charge >= 0.3 is 0 Å². The monoisotopic (exact) mass is 302 g/mol. The van der Waals surface area contributed by atoms with Crippen LogP contribution in [-0.4, -0.2) is 17.5 Å². The van der Waals surface area contributed by atoms with Crippen LogP contribution >= 0.6 is 11.3 Å². The predicted molar refractivity (Wildman–Crippen MR) is 92.6 cm³/mol. The Labute approximate surface area is 132 Å². The van der Waals surface area contributed by atoms with Gasteiger partial charge in [0, 0.05) is 17.5 Å². The van der Waals surface area contributed by atoms with Gasteiger partial charge in [0.15, 0.2) is 0 Å². The molecule has 1 aromatic heterocycles. The van der Waals surface area contributed by atoms with E-state index in [0.29, 0.717) is 0 Å². The van der Waals surface area contributed by atoms with E-state index < -0.39 is 0 Å². The fourth-order valence-corrected chi connectivity index (χ4v) is 3.58. The number of aryl methyl sites for hydroxylation is 1. The molecule has 1 heterocycles. The lowest BCUT2D eigenvalue weighted by atomic mass is 9.93. The minimum absolute atomic E-state index is 0.158. The molecule has 2 atom stereocenters. The first-order valence-electron chi connectivity index (χ1n) is 7.74. The van der Waals surface area contributed by atoms with Gasteiger partial charge in [0.1, 0.15) is 0 Å². The van der Waals surface area contributed by atoms with Crippen LogP contribution in [0, 0.1) is 6.92 Å². The minimum atomic E-state index is 0.158. The van der Waals surface area contributed by atoms with Crippen molar-refractivity contribution in [2.45, 2.75) is 45.8 Å². The first-order chi connectivity index (χ1) is 10.2. The van der Waals surface area contributed by atoms with Crippen LogP contribution in [0.25, 0.3) is 0 Å². The van der Waals surface area contributed by atoms with Gasteiger partial charge in [-0.1, -0.05) is 44.2 Å². The molecule has 0 saturated heterocycles. The summed E-state index contributed by atoms with van der Waals surface area (Å²) in [6, 6.07) is 13.4. The topological polar surface area (TPSA) is 29.3 Å². The molecule has 2 N–H and O–H groups in total. The van der Waals surface area contributed by atoms with E-state index in [1.807, 2.05) is 11.3 Å². The molecule has 0 bridgehead atoms. The summed E-state index contributed by atoms with van der Waals surface area (Å²) in [7, 11) is 0. The van der Waals surface area contributed by atoms with Crippen LogP contribution in [0.3, 0.4) is 0 Å². The molecule has 2 nitrogen and oxygen atoms in total. The molecular formula is C18H26N2S. The predicted octanol–water partition coefficient (Wildman–Crippen LogP) is 4.36.